The van der Waals surface area contributed by atoms with Gasteiger partial charge in [-0.1, -0.05) is 469 Å². The highest BCUT2D eigenvalue weighted by atomic mass is 16.5. The largest absolute Gasteiger partial charge is 0.466 e. The Kier molecular flexibility index (Phi) is 80.8. The smallest absolute Gasteiger partial charge is 0.305 e. The van der Waals surface area contributed by atoms with Crippen molar-refractivity contribution in [3.05, 3.63) is 12.2 Å². The topological polar surface area (TPSA) is 95.9 Å². The first-order chi connectivity index (χ1) is 45.5. The number of hydrogen-bond acceptors (Lipinski definition) is 5. The minimum Gasteiger partial charge on any atom is -0.466 e. The summed E-state index contributed by atoms with van der Waals surface area (Å²) in [6.07, 6.45) is 105. The van der Waals surface area contributed by atoms with Crippen molar-refractivity contribution < 1.29 is 24.5 Å². The van der Waals surface area contributed by atoms with Crippen LogP contribution in [0.2, 0.25) is 0 Å². The molecule has 0 saturated heterocycles. The molecule has 0 rings (SSSR count). The van der Waals surface area contributed by atoms with Gasteiger partial charge in [-0.05, 0) is 32.1 Å². The minimum atomic E-state index is -0.841. The lowest BCUT2D eigenvalue weighted by atomic mass is 10.0. The van der Waals surface area contributed by atoms with Crippen molar-refractivity contribution in [1.82, 2.24) is 5.32 Å². The predicted octanol–water partition coefficient (Wildman–Crippen LogP) is 28.6. The maximum absolute atomic E-state index is 12.6. The van der Waals surface area contributed by atoms with E-state index >= 15 is 0 Å². The van der Waals surface area contributed by atoms with Crippen LogP contribution in [-0.2, 0) is 14.3 Å². The van der Waals surface area contributed by atoms with E-state index in [1.54, 1.807) is 6.08 Å². The Labute approximate surface area is 578 Å². The van der Waals surface area contributed by atoms with Gasteiger partial charge in [-0.25, -0.2) is 0 Å². The van der Waals surface area contributed by atoms with Gasteiger partial charge in [-0.2, -0.15) is 0 Å². The molecule has 0 fully saturated rings. The third-order valence-electron chi connectivity index (χ3n) is 20.6. The molecule has 2 atom stereocenters. The molecule has 0 bridgehead atoms. The highest BCUT2D eigenvalue weighted by molar-refractivity contribution is 5.76. The van der Waals surface area contributed by atoms with Crippen molar-refractivity contribution in [1.29, 1.82) is 0 Å². The highest BCUT2D eigenvalue weighted by Gasteiger charge is 2.18. The number of hydrogen-bond donors (Lipinski definition) is 3. The van der Waals surface area contributed by atoms with E-state index in [0.717, 1.165) is 38.5 Å². The number of esters is 1. The molecule has 0 aromatic heterocycles. The number of allylic oxidation sites excluding steroid dienone is 1. The molecule has 0 saturated carbocycles. The van der Waals surface area contributed by atoms with Gasteiger partial charge in [0.05, 0.1) is 25.4 Å². The Morgan fingerprint density at radius 3 is 0.739 bits per heavy atom. The molecular weight excluding hydrogens is 1130 g/mol. The summed E-state index contributed by atoms with van der Waals surface area (Å²) in [6.45, 7) is 4.97. The summed E-state index contributed by atoms with van der Waals surface area (Å²) < 4.78 is 5.51. The molecular formula is C86H169NO5. The maximum Gasteiger partial charge on any atom is 0.305 e. The zero-order chi connectivity index (χ0) is 66.3. The van der Waals surface area contributed by atoms with Crippen LogP contribution in [0.1, 0.15) is 502 Å². The molecule has 0 aliphatic carbocycles. The monoisotopic (exact) mass is 1300 g/mol. The second-order valence-electron chi connectivity index (χ2n) is 29.9. The molecule has 548 valence electrons. The number of aliphatic hydroxyl groups is 2. The van der Waals surface area contributed by atoms with Crippen LogP contribution in [0.4, 0.5) is 0 Å². The fraction of sp³-hybridized carbons (Fsp3) is 0.953. The molecule has 0 aliphatic rings. The Hall–Kier alpha value is -1.40. The molecule has 0 heterocycles. The van der Waals surface area contributed by atoms with E-state index in [-0.39, 0.29) is 18.5 Å². The molecule has 0 aromatic carbocycles. The molecule has 0 radical (unpaired) electrons. The van der Waals surface area contributed by atoms with Crippen LogP contribution >= 0.6 is 0 Å². The van der Waals surface area contributed by atoms with E-state index in [0.29, 0.717) is 19.4 Å². The number of carbonyl (C=O) groups excluding carboxylic acids is 2. The quantitative estimate of drug-likeness (QED) is 0.0320. The van der Waals surface area contributed by atoms with Crippen LogP contribution in [0, 0.1) is 0 Å². The van der Waals surface area contributed by atoms with Gasteiger partial charge in [-0.15, -0.1) is 0 Å². The van der Waals surface area contributed by atoms with Gasteiger partial charge >= 0.3 is 5.97 Å². The first-order valence-electron chi connectivity index (χ1n) is 43.0. The molecule has 6 nitrogen and oxygen atoms in total. The Bertz CT molecular complexity index is 1400. The van der Waals surface area contributed by atoms with E-state index in [4.69, 9.17) is 4.74 Å². The molecule has 1 amide bonds. The van der Waals surface area contributed by atoms with Gasteiger partial charge < -0.3 is 20.3 Å². The van der Waals surface area contributed by atoms with Crippen LogP contribution < -0.4 is 5.32 Å². The number of amides is 1. The molecule has 3 N–H and O–H groups in total. The molecule has 0 aromatic rings. The molecule has 92 heavy (non-hydrogen) atoms. The zero-order valence-corrected chi connectivity index (χ0v) is 63.1. The number of rotatable bonds is 82. The zero-order valence-electron chi connectivity index (χ0n) is 63.1. The van der Waals surface area contributed by atoms with Gasteiger partial charge in [-0.3, -0.25) is 9.59 Å². The van der Waals surface area contributed by atoms with Crippen LogP contribution in [0.25, 0.3) is 0 Å². The lowest BCUT2D eigenvalue weighted by molar-refractivity contribution is -0.143. The third kappa shape index (κ3) is 77.6. The standard InChI is InChI=1S/C86H169NO5/c1-3-5-7-9-11-13-15-17-19-20-21-22-23-39-42-45-48-51-54-58-62-66-70-74-78-84(89)83(82-88)87-85(90)79-75-71-67-63-59-55-52-49-46-43-40-37-35-33-31-29-27-25-24-26-28-30-32-34-36-38-41-44-47-50-53-57-61-65-69-73-77-81-92-86(91)80-76-72-68-64-60-56-18-16-14-12-10-8-6-4-2/h74,78,83-84,88-89H,3-73,75-77,79-82H2,1-2H3,(H,87,90)/b78-74+. The molecule has 2 unspecified atom stereocenters. The summed E-state index contributed by atoms with van der Waals surface area (Å²) in [5.74, 6) is -0.0293. The van der Waals surface area contributed by atoms with Crippen molar-refractivity contribution in [2.24, 2.45) is 0 Å². The number of aliphatic hydroxyl groups excluding tert-OH is 2. The minimum absolute atomic E-state index is 0.0268. The number of ether oxygens (including phenoxy) is 1. The normalized spacial score (nSPS) is 12.4. The van der Waals surface area contributed by atoms with E-state index in [2.05, 4.69) is 19.2 Å². The van der Waals surface area contributed by atoms with Crippen molar-refractivity contribution in [3.63, 3.8) is 0 Å². The average Bonchev–Trinajstić information content (AvgIpc) is 3.54. The number of nitrogens with one attached hydrogen (secondary N) is 1. The van der Waals surface area contributed by atoms with Gasteiger partial charge in [0.2, 0.25) is 5.91 Å². The number of unbranched alkanes of at least 4 members (excludes halogenated alkanes) is 71. The van der Waals surface area contributed by atoms with Crippen molar-refractivity contribution in [3.8, 4) is 0 Å². The van der Waals surface area contributed by atoms with E-state index in [1.807, 2.05) is 6.08 Å². The van der Waals surface area contributed by atoms with E-state index in [9.17, 15) is 19.8 Å². The molecule has 0 spiro atoms. The van der Waals surface area contributed by atoms with Gasteiger partial charge in [0.1, 0.15) is 0 Å². The Morgan fingerprint density at radius 2 is 0.500 bits per heavy atom. The van der Waals surface area contributed by atoms with Crippen molar-refractivity contribution in [2.45, 2.75) is 514 Å². The molecule has 6 heteroatoms. The van der Waals surface area contributed by atoms with Gasteiger partial charge in [0.15, 0.2) is 0 Å². The summed E-state index contributed by atoms with van der Waals surface area (Å²) >= 11 is 0. The molecule has 0 aliphatic heterocycles. The fourth-order valence-electron chi connectivity index (χ4n) is 14.1. The summed E-state index contributed by atoms with van der Waals surface area (Å²) in [5.41, 5.74) is 0. The predicted molar refractivity (Wildman–Crippen MR) is 407 cm³/mol. The third-order valence-corrected chi connectivity index (χ3v) is 20.6. The van der Waals surface area contributed by atoms with Crippen LogP contribution in [0.3, 0.4) is 0 Å². The Morgan fingerprint density at radius 1 is 0.293 bits per heavy atom. The van der Waals surface area contributed by atoms with Crippen LogP contribution in [0.15, 0.2) is 12.2 Å². The SMILES string of the molecule is CCCCCCCCCCCCCCCCCCCCCCCC/C=C/C(O)C(CO)NC(=O)CCCCCCCCCCCCCCCCCCCCCCCCCCCCCCCCCCCCCCCOC(=O)CCCCCCCCCCCCCCCC. The van der Waals surface area contributed by atoms with E-state index < -0.39 is 12.1 Å². The van der Waals surface area contributed by atoms with Gasteiger partial charge in [0, 0.05) is 12.8 Å². The average molecular weight is 1300 g/mol. The highest BCUT2D eigenvalue weighted by Crippen LogP contribution is 2.21. The second-order valence-corrected chi connectivity index (χ2v) is 29.9. The van der Waals surface area contributed by atoms with Crippen LogP contribution in [-0.4, -0.2) is 47.4 Å². The van der Waals surface area contributed by atoms with Crippen molar-refractivity contribution in [2.75, 3.05) is 13.2 Å². The fourth-order valence-corrected chi connectivity index (χ4v) is 14.1. The van der Waals surface area contributed by atoms with Gasteiger partial charge in [0.25, 0.3) is 0 Å². The summed E-state index contributed by atoms with van der Waals surface area (Å²) in [5, 5.41) is 23.3. The number of carbonyl (C=O) groups is 2. The van der Waals surface area contributed by atoms with Crippen molar-refractivity contribution >= 4 is 11.9 Å². The lowest BCUT2D eigenvalue weighted by Gasteiger charge is -2.20. The Balaban J connectivity index is 3.32. The lowest BCUT2D eigenvalue weighted by Crippen LogP contribution is -2.45. The summed E-state index contributed by atoms with van der Waals surface area (Å²) in [4.78, 5) is 24.6. The summed E-state index contributed by atoms with van der Waals surface area (Å²) in [7, 11) is 0. The second kappa shape index (κ2) is 82.0. The summed E-state index contributed by atoms with van der Waals surface area (Å²) in [6, 6.07) is -0.624. The van der Waals surface area contributed by atoms with E-state index in [1.165, 1.54) is 437 Å². The first kappa shape index (κ1) is 90.6. The van der Waals surface area contributed by atoms with Crippen LogP contribution in [0.5, 0.6) is 0 Å². The first-order valence-corrected chi connectivity index (χ1v) is 43.0. The maximum atomic E-state index is 12.6.